The summed E-state index contributed by atoms with van der Waals surface area (Å²) in [5, 5.41) is 9.45. The van der Waals surface area contributed by atoms with Crippen LogP contribution in [-0.4, -0.2) is 64.2 Å². The molecule has 1 N–H and O–H groups in total. The van der Waals surface area contributed by atoms with Gasteiger partial charge in [0, 0.05) is 50.7 Å². The molecule has 8 heteroatoms. The number of carbonyl (C=O) groups is 1. The van der Waals surface area contributed by atoms with Gasteiger partial charge in [-0.3, -0.25) is 0 Å². The van der Waals surface area contributed by atoms with Crippen molar-refractivity contribution in [2.45, 2.75) is 25.3 Å². The number of halogens is 1. The number of likely N-dealkylation sites (N-methyl/N-ethyl adjacent to an activating group) is 1. The molecule has 0 aliphatic carbocycles. The average Bonchev–Trinajstić information content (AvgIpc) is 3.08. The van der Waals surface area contributed by atoms with Gasteiger partial charge in [-0.2, -0.15) is 0 Å². The number of hydrogen-bond donors (Lipinski definition) is 1. The van der Waals surface area contributed by atoms with Gasteiger partial charge in [0.25, 0.3) is 0 Å². The fourth-order valence-electron chi connectivity index (χ4n) is 3.34. The van der Waals surface area contributed by atoms with Crippen LogP contribution in [0.3, 0.4) is 0 Å². The summed E-state index contributed by atoms with van der Waals surface area (Å²) >= 11 is 6.30. The van der Waals surface area contributed by atoms with Crippen molar-refractivity contribution in [1.82, 2.24) is 19.4 Å². The minimum Gasteiger partial charge on any atom is -0.478 e. The highest BCUT2D eigenvalue weighted by Crippen LogP contribution is 2.32. The van der Waals surface area contributed by atoms with Crippen LogP contribution in [0.25, 0.3) is 0 Å². The first-order chi connectivity index (χ1) is 12.5. The molecule has 1 fully saturated rings. The first kappa shape index (κ1) is 18.7. The largest absolute Gasteiger partial charge is 0.478 e. The number of aromatic nitrogens is 3. The lowest BCUT2D eigenvalue weighted by molar-refractivity contribution is 0.0696. The Morgan fingerprint density at radius 2 is 2.23 bits per heavy atom. The summed E-state index contributed by atoms with van der Waals surface area (Å²) in [5.41, 5.74) is 0.103. The highest BCUT2D eigenvalue weighted by molar-refractivity contribution is 6.33. The number of aromatic carboxylic acids is 1. The third-order valence-electron chi connectivity index (χ3n) is 4.69. The predicted octanol–water partition coefficient (Wildman–Crippen LogP) is 2.58. The van der Waals surface area contributed by atoms with Crippen molar-refractivity contribution in [2.75, 3.05) is 38.6 Å². The minimum atomic E-state index is -1.02. The van der Waals surface area contributed by atoms with E-state index in [-0.39, 0.29) is 5.56 Å². The predicted molar refractivity (Wildman–Crippen MR) is 101 cm³/mol. The quantitative estimate of drug-likeness (QED) is 0.834. The zero-order chi connectivity index (χ0) is 18.7. The Morgan fingerprint density at radius 1 is 1.42 bits per heavy atom. The van der Waals surface area contributed by atoms with E-state index in [1.54, 1.807) is 0 Å². The molecular weight excluding hydrogens is 354 g/mol. The lowest BCUT2D eigenvalue weighted by Crippen LogP contribution is -2.36. The monoisotopic (exact) mass is 377 g/mol. The molecule has 3 heterocycles. The number of imidazole rings is 1. The van der Waals surface area contributed by atoms with Crippen molar-refractivity contribution < 1.29 is 9.90 Å². The number of pyridine rings is 1. The average molecular weight is 378 g/mol. The molecule has 140 valence electrons. The number of piperidine rings is 1. The van der Waals surface area contributed by atoms with Gasteiger partial charge in [-0.25, -0.2) is 14.8 Å². The molecule has 3 rings (SSSR count). The third kappa shape index (κ3) is 4.16. The molecule has 1 saturated heterocycles. The zero-order valence-corrected chi connectivity index (χ0v) is 15.9. The summed E-state index contributed by atoms with van der Waals surface area (Å²) in [6, 6.07) is 1.47. The van der Waals surface area contributed by atoms with Crippen molar-refractivity contribution in [3.8, 4) is 0 Å². The Morgan fingerprint density at radius 3 is 2.92 bits per heavy atom. The van der Waals surface area contributed by atoms with E-state index in [9.17, 15) is 4.79 Å². The van der Waals surface area contributed by atoms with E-state index in [0.29, 0.717) is 16.8 Å². The third-order valence-corrected chi connectivity index (χ3v) is 4.97. The van der Waals surface area contributed by atoms with Gasteiger partial charge in [-0.1, -0.05) is 11.6 Å². The number of nitrogens with zero attached hydrogens (tertiary/aromatic N) is 5. The lowest BCUT2D eigenvalue weighted by atomic mass is 9.97. The Labute approximate surface area is 158 Å². The van der Waals surface area contributed by atoms with Crippen LogP contribution >= 0.6 is 11.6 Å². The number of carboxylic acids is 1. The second-order valence-corrected chi connectivity index (χ2v) is 7.31. The van der Waals surface area contributed by atoms with Gasteiger partial charge in [0.05, 0.1) is 10.6 Å². The van der Waals surface area contributed by atoms with Crippen molar-refractivity contribution in [3.63, 3.8) is 0 Å². The second kappa shape index (κ2) is 8.05. The number of hydrogen-bond acceptors (Lipinski definition) is 5. The van der Waals surface area contributed by atoms with E-state index in [4.69, 9.17) is 16.7 Å². The second-order valence-electron chi connectivity index (χ2n) is 6.90. The van der Waals surface area contributed by atoms with Gasteiger partial charge in [0.1, 0.15) is 11.6 Å². The smallest absolute Gasteiger partial charge is 0.337 e. The van der Waals surface area contributed by atoms with Crippen molar-refractivity contribution >= 4 is 23.4 Å². The van der Waals surface area contributed by atoms with Crippen molar-refractivity contribution in [2.24, 2.45) is 0 Å². The summed E-state index contributed by atoms with van der Waals surface area (Å²) in [6.07, 6.45) is 7.34. The molecular formula is C18H24ClN5O2. The highest BCUT2D eigenvalue weighted by Gasteiger charge is 2.27. The van der Waals surface area contributed by atoms with Crippen LogP contribution in [0.4, 0.5) is 5.82 Å². The van der Waals surface area contributed by atoms with Crippen LogP contribution in [-0.2, 0) is 6.54 Å². The molecule has 1 aliphatic rings. The molecule has 2 aromatic rings. The van der Waals surface area contributed by atoms with E-state index >= 15 is 0 Å². The Balaban J connectivity index is 1.76. The molecule has 0 bridgehead atoms. The van der Waals surface area contributed by atoms with Gasteiger partial charge in [0.15, 0.2) is 0 Å². The van der Waals surface area contributed by atoms with E-state index in [1.165, 1.54) is 12.3 Å². The van der Waals surface area contributed by atoms with E-state index in [0.717, 1.165) is 44.8 Å². The summed E-state index contributed by atoms with van der Waals surface area (Å²) < 4.78 is 2.22. The van der Waals surface area contributed by atoms with Crippen LogP contribution in [0.2, 0.25) is 5.02 Å². The van der Waals surface area contributed by atoms with E-state index in [2.05, 4.69) is 38.4 Å². The molecule has 0 spiro atoms. The van der Waals surface area contributed by atoms with Gasteiger partial charge < -0.3 is 19.5 Å². The fourth-order valence-corrected chi connectivity index (χ4v) is 3.62. The molecule has 26 heavy (non-hydrogen) atoms. The van der Waals surface area contributed by atoms with E-state index in [1.807, 2.05) is 12.4 Å². The summed E-state index contributed by atoms with van der Waals surface area (Å²) in [6.45, 7) is 3.50. The maximum absolute atomic E-state index is 11.1. The molecule has 0 radical (unpaired) electrons. The molecule has 1 atom stereocenters. The first-order valence-electron chi connectivity index (χ1n) is 8.75. The molecule has 1 aliphatic heterocycles. The van der Waals surface area contributed by atoms with Crippen LogP contribution in [0.15, 0.2) is 24.7 Å². The van der Waals surface area contributed by atoms with Crippen LogP contribution in [0, 0.1) is 0 Å². The molecule has 7 nitrogen and oxygen atoms in total. The first-order valence-corrected chi connectivity index (χ1v) is 9.13. The number of carboxylic acid groups (broad SMARTS) is 1. The molecule has 0 saturated carbocycles. The Hall–Kier alpha value is -2.12. The van der Waals surface area contributed by atoms with Crippen LogP contribution in [0.5, 0.6) is 0 Å². The molecule has 0 amide bonds. The fraction of sp³-hybridized carbons (Fsp3) is 0.500. The lowest BCUT2D eigenvalue weighted by Gasteiger charge is -2.34. The normalized spacial score (nSPS) is 17.7. The summed E-state index contributed by atoms with van der Waals surface area (Å²) in [5.74, 6) is 1.02. The molecule has 0 aromatic carbocycles. The summed E-state index contributed by atoms with van der Waals surface area (Å²) in [4.78, 5) is 24.3. The molecule has 2 aromatic heterocycles. The number of rotatable bonds is 6. The zero-order valence-electron chi connectivity index (χ0n) is 15.1. The Kier molecular flexibility index (Phi) is 5.78. The molecule has 1 unspecified atom stereocenters. The van der Waals surface area contributed by atoms with Crippen LogP contribution in [0.1, 0.15) is 34.9 Å². The van der Waals surface area contributed by atoms with Crippen LogP contribution < -0.4 is 4.90 Å². The van der Waals surface area contributed by atoms with Gasteiger partial charge in [0.2, 0.25) is 0 Å². The van der Waals surface area contributed by atoms with Gasteiger partial charge >= 0.3 is 5.97 Å². The topological polar surface area (TPSA) is 74.5 Å². The maximum Gasteiger partial charge on any atom is 0.337 e. The SMILES string of the molecule is CN(C)CCn1ccnc1C1CCCN(c2ncc(C(=O)O)cc2Cl)C1. The van der Waals surface area contributed by atoms with Gasteiger partial charge in [-0.05, 0) is 33.0 Å². The Bertz CT molecular complexity index is 777. The number of anilines is 1. The minimum absolute atomic E-state index is 0.103. The van der Waals surface area contributed by atoms with Gasteiger partial charge in [-0.15, -0.1) is 0 Å². The maximum atomic E-state index is 11.1. The summed E-state index contributed by atoms with van der Waals surface area (Å²) in [7, 11) is 4.13. The van der Waals surface area contributed by atoms with Crippen molar-refractivity contribution in [1.29, 1.82) is 0 Å². The van der Waals surface area contributed by atoms with E-state index < -0.39 is 5.97 Å². The highest BCUT2D eigenvalue weighted by atomic mass is 35.5. The standard InChI is InChI=1S/C18H24ClN5O2/c1-22(2)8-9-23-7-5-20-16(23)13-4-3-6-24(12-13)17-15(19)10-14(11-21-17)18(25)26/h5,7,10-11,13H,3-4,6,8-9,12H2,1-2H3,(H,25,26). The van der Waals surface area contributed by atoms with Crippen molar-refractivity contribution in [3.05, 3.63) is 41.1 Å².